The van der Waals surface area contributed by atoms with E-state index in [2.05, 4.69) is 0 Å². The van der Waals surface area contributed by atoms with Gasteiger partial charge in [-0.1, -0.05) is 72.3 Å². The number of amides is 1. The van der Waals surface area contributed by atoms with Crippen LogP contribution in [0.25, 0.3) is 0 Å². The molecule has 0 radical (unpaired) electrons. The molecular formula is C24H22ClNO3. The number of fused-ring (bicyclic) bond motifs is 1. The van der Waals surface area contributed by atoms with Crippen molar-refractivity contribution in [1.29, 1.82) is 0 Å². The Morgan fingerprint density at radius 2 is 1.76 bits per heavy atom. The molecule has 0 fully saturated rings. The van der Waals surface area contributed by atoms with Crippen molar-refractivity contribution < 1.29 is 14.6 Å². The summed E-state index contributed by atoms with van der Waals surface area (Å²) in [5.74, 6) is -0.308. The Bertz CT molecular complexity index is 1050. The molecule has 1 N–H and O–H groups in total. The number of ether oxygens (including phenoxy) is 1. The van der Waals surface area contributed by atoms with E-state index < -0.39 is 11.7 Å². The van der Waals surface area contributed by atoms with Gasteiger partial charge in [0.2, 0.25) is 0 Å². The second-order valence-electron chi connectivity index (χ2n) is 7.26. The summed E-state index contributed by atoms with van der Waals surface area (Å²) in [6, 6.07) is 22.3. The van der Waals surface area contributed by atoms with E-state index in [-0.39, 0.29) is 5.91 Å². The number of hydrogen-bond donors (Lipinski definition) is 1. The van der Waals surface area contributed by atoms with Crippen LogP contribution in [0.5, 0.6) is 0 Å². The van der Waals surface area contributed by atoms with E-state index in [4.69, 9.17) is 16.3 Å². The molecule has 5 heteroatoms. The molecule has 0 spiro atoms. The third kappa shape index (κ3) is 3.23. The topological polar surface area (TPSA) is 49.8 Å². The standard InChI is InChI=1S/C24H22ClNO3/c1-16-8-6-7-9-17(16)15-26-21-14-19(25)12-13-20(21)24(28,22(29-2)23(26)27)18-10-4-3-5-11-18/h3-14,22,28H,15H2,1-2H3. The van der Waals surface area contributed by atoms with Gasteiger partial charge in [-0.3, -0.25) is 4.79 Å². The van der Waals surface area contributed by atoms with E-state index in [0.717, 1.165) is 11.1 Å². The Labute approximate surface area is 175 Å². The van der Waals surface area contributed by atoms with E-state index in [0.29, 0.717) is 28.4 Å². The molecule has 1 amide bonds. The molecular weight excluding hydrogens is 386 g/mol. The molecule has 4 rings (SSSR count). The molecule has 1 heterocycles. The zero-order chi connectivity index (χ0) is 20.6. The number of halogens is 1. The Hall–Kier alpha value is -2.66. The van der Waals surface area contributed by atoms with Crippen LogP contribution in [0.15, 0.2) is 72.8 Å². The molecule has 1 aliphatic heterocycles. The van der Waals surface area contributed by atoms with Gasteiger partial charge in [-0.15, -0.1) is 0 Å². The number of nitrogens with zero attached hydrogens (tertiary/aromatic N) is 1. The number of carbonyl (C=O) groups excluding carboxylic acids is 1. The number of aliphatic hydroxyl groups is 1. The van der Waals surface area contributed by atoms with E-state index in [9.17, 15) is 9.90 Å². The summed E-state index contributed by atoms with van der Waals surface area (Å²) in [5, 5.41) is 12.3. The van der Waals surface area contributed by atoms with Gasteiger partial charge in [0, 0.05) is 17.7 Å². The van der Waals surface area contributed by atoms with Gasteiger partial charge >= 0.3 is 0 Å². The maximum absolute atomic E-state index is 13.5. The lowest BCUT2D eigenvalue weighted by molar-refractivity contribution is -0.145. The number of benzene rings is 3. The van der Waals surface area contributed by atoms with Crippen LogP contribution in [0.2, 0.25) is 5.02 Å². The monoisotopic (exact) mass is 407 g/mol. The van der Waals surface area contributed by atoms with Crippen molar-refractivity contribution in [3.05, 3.63) is 100 Å². The van der Waals surface area contributed by atoms with Crippen molar-refractivity contribution in [2.45, 2.75) is 25.2 Å². The molecule has 2 atom stereocenters. The van der Waals surface area contributed by atoms with Gasteiger partial charge in [0.25, 0.3) is 5.91 Å². The quantitative estimate of drug-likeness (QED) is 0.695. The molecule has 148 valence electrons. The first-order valence-electron chi connectivity index (χ1n) is 9.43. The van der Waals surface area contributed by atoms with Gasteiger partial charge in [-0.25, -0.2) is 0 Å². The highest BCUT2D eigenvalue weighted by atomic mass is 35.5. The molecule has 0 aliphatic carbocycles. The average Bonchev–Trinajstić information content (AvgIpc) is 2.73. The van der Waals surface area contributed by atoms with E-state index in [1.54, 1.807) is 35.2 Å². The molecule has 2 unspecified atom stereocenters. The van der Waals surface area contributed by atoms with Crippen LogP contribution in [0.3, 0.4) is 0 Å². The molecule has 1 aliphatic rings. The van der Waals surface area contributed by atoms with Crippen LogP contribution in [0.4, 0.5) is 5.69 Å². The molecule has 0 saturated heterocycles. The van der Waals surface area contributed by atoms with Crippen LogP contribution in [0.1, 0.15) is 22.3 Å². The minimum Gasteiger partial charge on any atom is -0.377 e. The van der Waals surface area contributed by atoms with E-state index in [1.165, 1.54) is 7.11 Å². The van der Waals surface area contributed by atoms with Crippen molar-refractivity contribution in [3.63, 3.8) is 0 Å². The Kier molecular flexibility index (Phi) is 5.17. The summed E-state index contributed by atoms with van der Waals surface area (Å²) >= 11 is 6.28. The Morgan fingerprint density at radius 3 is 2.45 bits per heavy atom. The summed E-state index contributed by atoms with van der Waals surface area (Å²) in [6.45, 7) is 2.38. The maximum Gasteiger partial charge on any atom is 0.260 e. The lowest BCUT2D eigenvalue weighted by Gasteiger charge is -2.44. The predicted octanol–water partition coefficient (Wildman–Crippen LogP) is 4.45. The summed E-state index contributed by atoms with van der Waals surface area (Å²) < 4.78 is 5.58. The maximum atomic E-state index is 13.5. The number of methoxy groups -OCH3 is 1. The third-order valence-corrected chi connectivity index (χ3v) is 5.81. The van der Waals surface area contributed by atoms with Gasteiger partial charge in [-0.05, 0) is 35.7 Å². The van der Waals surface area contributed by atoms with Crippen molar-refractivity contribution >= 4 is 23.2 Å². The van der Waals surface area contributed by atoms with Gasteiger partial charge in [0.05, 0.1) is 12.2 Å². The van der Waals surface area contributed by atoms with Gasteiger partial charge < -0.3 is 14.7 Å². The molecule has 0 bridgehead atoms. The minimum absolute atomic E-state index is 0.308. The molecule has 0 aromatic heterocycles. The fraction of sp³-hybridized carbons (Fsp3) is 0.208. The lowest BCUT2D eigenvalue weighted by atomic mass is 9.77. The van der Waals surface area contributed by atoms with Crippen molar-refractivity contribution in [1.82, 2.24) is 0 Å². The zero-order valence-electron chi connectivity index (χ0n) is 16.3. The highest BCUT2D eigenvalue weighted by molar-refractivity contribution is 6.31. The van der Waals surface area contributed by atoms with E-state index in [1.807, 2.05) is 49.4 Å². The molecule has 4 nitrogen and oxygen atoms in total. The van der Waals surface area contributed by atoms with E-state index >= 15 is 0 Å². The second-order valence-corrected chi connectivity index (χ2v) is 7.70. The molecule has 3 aromatic carbocycles. The molecule has 0 saturated carbocycles. The van der Waals surface area contributed by atoms with Gasteiger partial charge in [0.1, 0.15) is 0 Å². The van der Waals surface area contributed by atoms with Crippen LogP contribution in [0, 0.1) is 6.92 Å². The Balaban J connectivity index is 1.92. The van der Waals surface area contributed by atoms with Crippen LogP contribution < -0.4 is 4.90 Å². The van der Waals surface area contributed by atoms with Crippen LogP contribution in [-0.4, -0.2) is 24.2 Å². The summed E-state index contributed by atoms with van der Waals surface area (Å²) in [6.07, 6.45) is -1.08. The number of aryl methyl sites for hydroxylation is 1. The zero-order valence-corrected chi connectivity index (χ0v) is 17.1. The fourth-order valence-corrected chi connectivity index (χ4v) is 4.19. The first-order chi connectivity index (χ1) is 14.0. The van der Waals surface area contributed by atoms with Crippen molar-refractivity contribution in [2.75, 3.05) is 12.0 Å². The average molecular weight is 408 g/mol. The molecule has 29 heavy (non-hydrogen) atoms. The SMILES string of the molecule is COC1C(=O)N(Cc2ccccc2C)c2cc(Cl)ccc2C1(O)c1ccccc1. The first-order valence-corrected chi connectivity index (χ1v) is 9.81. The predicted molar refractivity (Wildman–Crippen MR) is 114 cm³/mol. The smallest absolute Gasteiger partial charge is 0.260 e. The Morgan fingerprint density at radius 1 is 1.07 bits per heavy atom. The number of anilines is 1. The summed E-state index contributed by atoms with van der Waals surface area (Å²) in [7, 11) is 1.45. The van der Waals surface area contributed by atoms with Crippen molar-refractivity contribution in [2.24, 2.45) is 0 Å². The largest absolute Gasteiger partial charge is 0.377 e. The van der Waals surface area contributed by atoms with Gasteiger partial charge in [0.15, 0.2) is 11.7 Å². The van der Waals surface area contributed by atoms with Crippen LogP contribution >= 0.6 is 11.6 Å². The summed E-state index contributed by atoms with van der Waals surface area (Å²) in [4.78, 5) is 15.2. The third-order valence-electron chi connectivity index (χ3n) is 5.57. The first kappa shape index (κ1) is 19.6. The molecule has 3 aromatic rings. The highest BCUT2D eigenvalue weighted by Crippen LogP contribution is 2.45. The van der Waals surface area contributed by atoms with Crippen LogP contribution in [-0.2, 0) is 21.7 Å². The summed E-state index contributed by atoms with van der Waals surface area (Å²) in [5.41, 5.74) is 2.27. The van der Waals surface area contributed by atoms with Crippen molar-refractivity contribution in [3.8, 4) is 0 Å². The fourth-order valence-electron chi connectivity index (χ4n) is 4.02. The minimum atomic E-state index is -1.62. The second kappa shape index (κ2) is 7.64. The number of hydrogen-bond acceptors (Lipinski definition) is 3. The number of carbonyl (C=O) groups is 1. The highest BCUT2D eigenvalue weighted by Gasteiger charge is 2.52. The van der Waals surface area contributed by atoms with Gasteiger partial charge in [-0.2, -0.15) is 0 Å². The lowest BCUT2D eigenvalue weighted by Crippen LogP contribution is -2.57. The number of rotatable bonds is 4. The normalized spacial score (nSPS) is 21.2.